The van der Waals surface area contributed by atoms with Crippen LogP contribution in [-0.4, -0.2) is 56.1 Å². The van der Waals surface area contributed by atoms with E-state index in [1.807, 2.05) is 30.2 Å². The van der Waals surface area contributed by atoms with Gasteiger partial charge in [0.1, 0.15) is 0 Å². The van der Waals surface area contributed by atoms with Gasteiger partial charge in [-0.3, -0.25) is 23.7 Å². The van der Waals surface area contributed by atoms with Gasteiger partial charge in [-0.15, -0.1) is 0 Å². The molecular weight excluding hydrogens is 408 g/mol. The van der Waals surface area contributed by atoms with Crippen molar-refractivity contribution in [2.24, 2.45) is 7.05 Å². The van der Waals surface area contributed by atoms with Crippen LogP contribution in [0.1, 0.15) is 36.5 Å². The summed E-state index contributed by atoms with van der Waals surface area (Å²) in [4.78, 5) is 48.4. The smallest absolute Gasteiger partial charge is 0.329 e. The van der Waals surface area contributed by atoms with Crippen molar-refractivity contribution in [1.82, 2.24) is 24.0 Å². The number of H-pyrrole nitrogens is 1. The van der Waals surface area contributed by atoms with Gasteiger partial charge in [-0.1, -0.05) is 30.7 Å². The zero-order chi connectivity index (χ0) is 23.0. The fourth-order valence-corrected chi connectivity index (χ4v) is 4.28. The molecule has 0 saturated carbocycles. The molecule has 0 spiro atoms. The Morgan fingerprint density at radius 2 is 1.84 bits per heavy atom. The van der Waals surface area contributed by atoms with Crippen LogP contribution in [0.3, 0.4) is 0 Å². The van der Waals surface area contributed by atoms with Crippen LogP contribution < -0.4 is 16.1 Å². The number of imidazole rings is 1. The first kappa shape index (κ1) is 21.9. The van der Waals surface area contributed by atoms with E-state index < -0.39 is 11.2 Å². The predicted octanol–water partition coefficient (Wildman–Crippen LogP) is 1.54. The Morgan fingerprint density at radius 1 is 1.12 bits per heavy atom. The molecule has 3 aromatic rings. The minimum Gasteiger partial charge on any atom is -0.339 e. The predicted molar refractivity (Wildman–Crippen MR) is 124 cm³/mol. The van der Waals surface area contributed by atoms with Crippen LogP contribution in [0.4, 0.5) is 5.95 Å². The Labute approximate surface area is 186 Å². The fourth-order valence-electron chi connectivity index (χ4n) is 4.28. The highest BCUT2D eigenvalue weighted by Gasteiger charge is 2.26. The highest BCUT2D eigenvalue weighted by atomic mass is 16.2. The molecular formula is C23H30N6O3. The summed E-state index contributed by atoms with van der Waals surface area (Å²) in [7, 11) is 1.61. The molecule has 1 N–H and O–H groups in total. The highest BCUT2D eigenvalue weighted by molar-refractivity contribution is 5.77. The average Bonchev–Trinajstić information content (AvgIpc) is 3.15. The molecule has 3 heterocycles. The van der Waals surface area contributed by atoms with Crippen molar-refractivity contribution in [2.75, 3.05) is 31.1 Å². The summed E-state index contributed by atoms with van der Waals surface area (Å²) < 4.78 is 3.28. The topological polar surface area (TPSA) is 96.2 Å². The highest BCUT2D eigenvalue weighted by Crippen LogP contribution is 2.24. The summed E-state index contributed by atoms with van der Waals surface area (Å²) in [5.74, 6) is 0.824. The Kier molecular flexibility index (Phi) is 5.90. The maximum atomic E-state index is 12.8. The number of aromatic nitrogens is 4. The molecule has 0 bridgehead atoms. The van der Waals surface area contributed by atoms with E-state index in [1.54, 1.807) is 7.05 Å². The Balaban J connectivity index is 1.78. The lowest BCUT2D eigenvalue weighted by molar-refractivity contribution is -0.131. The van der Waals surface area contributed by atoms with E-state index in [0.717, 1.165) is 23.1 Å². The number of carbonyl (C=O) groups excluding carboxylic acids is 1. The largest absolute Gasteiger partial charge is 0.339 e. The van der Waals surface area contributed by atoms with Gasteiger partial charge in [0.05, 0.1) is 6.54 Å². The van der Waals surface area contributed by atoms with E-state index in [0.29, 0.717) is 56.3 Å². The van der Waals surface area contributed by atoms with Gasteiger partial charge in [0.15, 0.2) is 11.2 Å². The van der Waals surface area contributed by atoms with Crippen LogP contribution in [-0.2, 0) is 18.4 Å². The number of carbonyl (C=O) groups is 1. The van der Waals surface area contributed by atoms with Gasteiger partial charge in [-0.25, -0.2) is 4.79 Å². The van der Waals surface area contributed by atoms with Crippen molar-refractivity contribution >= 4 is 23.0 Å². The molecule has 0 radical (unpaired) electrons. The lowest BCUT2D eigenvalue weighted by Gasteiger charge is -2.35. The average molecular weight is 439 g/mol. The normalized spacial score (nSPS) is 14.4. The van der Waals surface area contributed by atoms with Crippen LogP contribution in [0.25, 0.3) is 11.2 Å². The van der Waals surface area contributed by atoms with Crippen LogP contribution in [0.2, 0.25) is 0 Å². The molecule has 1 fully saturated rings. The van der Waals surface area contributed by atoms with Gasteiger partial charge in [0.25, 0.3) is 5.56 Å². The zero-order valence-corrected chi connectivity index (χ0v) is 19.1. The van der Waals surface area contributed by atoms with Crippen LogP contribution >= 0.6 is 0 Å². The maximum absolute atomic E-state index is 12.8. The molecule has 2 aromatic heterocycles. The maximum Gasteiger partial charge on any atom is 0.329 e. The van der Waals surface area contributed by atoms with E-state index >= 15 is 0 Å². The van der Waals surface area contributed by atoms with Gasteiger partial charge in [-0.2, -0.15) is 4.98 Å². The fraction of sp³-hybridized carbons (Fsp3) is 0.478. The monoisotopic (exact) mass is 438 g/mol. The van der Waals surface area contributed by atoms with Gasteiger partial charge in [0, 0.05) is 39.6 Å². The lowest BCUT2D eigenvalue weighted by Crippen LogP contribution is -2.49. The molecule has 9 heteroatoms. The van der Waals surface area contributed by atoms with E-state index in [2.05, 4.69) is 28.1 Å². The molecule has 170 valence electrons. The molecule has 4 rings (SSSR count). The first-order chi connectivity index (χ1) is 15.3. The number of amides is 1. The van der Waals surface area contributed by atoms with E-state index in [-0.39, 0.29) is 5.91 Å². The van der Waals surface area contributed by atoms with E-state index in [9.17, 15) is 14.4 Å². The number of benzene rings is 1. The molecule has 1 amide bonds. The standard InChI is InChI=1S/C23H30N6O3/c1-5-6-18(30)27-9-11-28(12-10-27)22-24-20-19(21(31)25-23(32)26(20)4)29(22)14-17-13-15(2)7-8-16(17)3/h7-8,13H,5-6,9-12,14H2,1-4H3,(H,25,31,32). The second-order valence-electron chi connectivity index (χ2n) is 8.54. The summed E-state index contributed by atoms with van der Waals surface area (Å²) in [5.41, 5.74) is 3.18. The number of aryl methyl sites for hydroxylation is 3. The lowest BCUT2D eigenvalue weighted by atomic mass is 10.1. The van der Waals surface area contributed by atoms with Crippen molar-refractivity contribution in [3.05, 3.63) is 55.7 Å². The Morgan fingerprint density at radius 3 is 2.53 bits per heavy atom. The second kappa shape index (κ2) is 8.64. The van der Waals surface area contributed by atoms with Crippen molar-refractivity contribution in [3.8, 4) is 0 Å². The Hall–Kier alpha value is -3.36. The quantitative estimate of drug-likeness (QED) is 0.652. The first-order valence-corrected chi connectivity index (χ1v) is 11.1. The number of nitrogens with zero attached hydrogens (tertiary/aromatic N) is 5. The van der Waals surface area contributed by atoms with Gasteiger partial charge in [0.2, 0.25) is 11.9 Å². The van der Waals surface area contributed by atoms with Crippen LogP contribution in [0, 0.1) is 13.8 Å². The molecule has 0 unspecified atom stereocenters. The minimum atomic E-state index is -0.486. The summed E-state index contributed by atoms with van der Waals surface area (Å²) in [6.45, 7) is 9.03. The number of rotatable bonds is 5. The van der Waals surface area contributed by atoms with Crippen molar-refractivity contribution < 1.29 is 4.79 Å². The van der Waals surface area contributed by atoms with Crippen molar-refractivity contribution in [1.29, 1.82) is 0 Å². The molecule has 0 atom stereocenters. The summed E-state index contributed by atoms with van der Waals surface area (Å²) in [6.07, 6.45) is 1.39. The molecule has 32 heavy (non-hydrogen) atoms. The molecule has 1 saturated heterocycles. The summed E-state index contributed by atoms with van der Waals surface area (Å²) >= 11 is 0. The summed E-state index contributed by atoms with van der Waals surface area (Å²) in [6, 6.07) is 6.25. The van der Waals surface area contributed by atoms with Gasteiger partial charge >= 0.3 is 5.69 Å². The van der Waals surface area contributed by atoms with Crippen molar-refractivity contribution in [3.63, 3.8) is 0 Å². The van der Waals surface area contributed by atoms with Gasteiger partial charge in [-0.05, 0) is 31.4 Å². The number of hydrogen-bond acceptors (Lipinski definition) is 5. The summed E-state index contributed by atoms with van der Waals surface area (Å²) in [5, 5.41) is 0. The molecule has 0 aliphatic carbocycles. The van der Waals surface area contributed by atoms with Crippen molar-refractivity contribution in [2.45, 2.75) is 40.2 Å². The molecule has 1 aliphatic heterocycles. The Bertz CT molecular complexity index is 1280. The second-order valence-corrected chi connectivity index (χ2v) is 8.54. The molecule has 1 aliphatic rings. The van der Waals surface area contributed by atoms with Crippen LogP contribution in [0.15, 0.2) is 27.8 Å². The SMILES string of the molecule is CCCC(=O)N1CCN(c2nc3c(c(=O)[nH]c(=O)n3C)n2Cc2cc(C)ccc2C)CC1. The first-order valence-electron chi connectivity index (χ1n) is 11.1. The molecule has 1 aromatic carbocycles. The third-order valence-corrected chi connectivity index (χ3v) is 6.20. The molecule has 9 nitrogen and oxygen atoms in total. The van der Waals surface area contributed by atoms with E-state index in [4.69, 9.17) is 4.98 Å². The number of fused-ring (bicyclic) bond motifs is 1. The third-order valence-electron chi connectivity index (χ3n) is 6.20. The number of nitrogens with one attached hydrogen (secondary N) is 1. The number of anilines is 1. The third kappa shape index (κ3) is 3.94. The van der Waals surface area contributed by atoms with Gasteiger partial charge < -0.3 is 9.80 Å². The zero-order valence-electron chi connectivity index (χ0n) is 19.1. The van der Waals surface area contributed by atoms with Crippen LogP contribution in [0.5, 0.6) is 0 Å². The minimum absolute atomic E-state index is 0.176. The van der Waals surface area contributed by atoms with E-state index in [1.165, 1.54) is 4.57 Å². The number of hydrogen-bond donors (Lipinski definition) is 1. The number of piperazine rings is 1. The number of aromatic amines is 1.